The summed E-state index contributed by atoms with van der Waals surface area (Å²) >= 11 is 0. The average molecular weight is 262 g/mol. The number of carbonyl (C=O) groups excluding carboxylic acids is 1. The number of nitrogens with one attached hydrogen (secondary N) is 1. The number of hydrogen-bond acceptors (Lipinski definition) is 5. The second-order valence-electron chi connectivity index (χ2n) is 3.69. The Kier molecular flexibility index (Phi) is 3.58. The summed E-state index contributed by atoms with van der Waals surface area (Å²) in [4.78, 5) is 22.3. The number of hydrogen-bond donors (Lipinski definition) is 3. The molecule has 7 nitrogen and oxygen atoms in total. The van der Waals surface area contributed by atoms with Gasteiger partial charge in [-0.1, -0.05) is 17.3 Å². The smallest absolute Gasteiger partial charge is 0.374 e. The zero-order chi connectivity index (χ0) is 13.8. The van der Waals surface area contributed by atoms with Crippen LogP contribution in [-0.2, 0) is 6.61 Å². The van der Waals surface area contributed by atoms with E-state index in [0.29, 0.717) is 11.3 Å². The molecule has 3 N–H and O–H groups in total. The van der Waals surface area contributed by atoms with Crippen molar-refractivity contribution in [2.45, 2.75) is 6.61 Å². The molecule has 0 aliphatic rings. The lowest BCUT2D eigenvalue weighted by molar-refractivity contribution is 0.0651. The van der Waals surface area contributed by atoms with Crippen LogP contribution in [0.1, 0.15) is 26.6 Å². The van der Waals surface area contributed by atoms with Gasteiger partial charge in [-0.2, -0.15) is 0 Å². The van der Waals surface area contributed by atoms with Gasteiger partial charge < -0.3 is 20.1 Å². The van der Waals surface area contributed by atoms with Crippen LogP contribution in [0.15, 0.2) is 34.9 Å². The minimum atomic E-state index is -1.29. The number of aromatic nitrogens is 1. The van der Waals surface area contributed by atoms with Gasteiger partial charge in [0.25, 0.3) is 5.91 Å². The number of nitrogens with zero attached hydrogens (tertiary/aromatic N) is 1. The molecule has 7 heteroatoms. The minimum absolute atomic E-state index is 0.0838. The van der Waals surface area contributed by atoms with Crippen LogP contribution in [0.5, 0.6) is 0 Å². The molecule has 1 aromatic heterocycles. The van der Waals surface area contributed by atoms with E-state index in [0.717, 1.165) is 6.07 Å². The number of amides is 1. The predicted octanol–water partition coefficient (Wildman–Crippen LogP) is 1.12. The molecule has 0 unspecified atom stereocenters. The van der Waals surface area contributed by atoms with Crippen LogP contribution in [0.4, 0.5) is 5.69 Å². The Morgan fingerprint density at radius 2 is 1.95 bits per heavy atom. The second kappa shape index (κ2) is 5.32. The number of aromatic carboxylic acids is 1. The number of aliphatic hydroxyl groups is 1. The Morgan fingerprint density at radius 1 is 1.26 bits per heavy atom. The van der Waals surface area contributed by atoms with Gasteiger partial charge in [-0.05, 0) is 17.7 Å². The summed E-state index contributed by atoms with van der Waals surface area (Å²) in [5.74, 6) is -2.27. The Bertz CT molecular complexity index is 603. The largest absolute Gasteiger partial charge is 0.475 e. The first kappa shape index (κ1) is 12.8. The molecule has 2 rings (SSSR count). The Morgan fingerprint density at radius 3 is 2.47 bits per heavy atom. The number of carboxylic acid groups (broad SMARTS) is 1. The lowest BCUT2D eigenvalue weighted by Gasteiger charge is -2.03. The molecule has 1 heterocycles. The van der Waals surface area contributed by atoms with Gasteiger partial charge in [-0.15, -0.1) is 0 Å². The van der Waals surface area contributed by atoms with Crippen LogP contribution < -0.4 is 5.32 Å². The lowest BCUT2D eigenvalue weighted by atomic mass is 10.2. The third-order valence-corrected chi connectivity index (χ3v) is 2.35. The maximum Gasteiger partial charge on any atom is 0.374 e. The first-order valence-electron chi connectivity index (χ1n) is 5.31. The Labute approximate surface area is 107 Å². The highest BCUT2D eigenvalue weighted by Gasteiger charge is 2.16. The molecule has 2 aromatic rings. The van der Waals surface area contributed by atoms with Gasteiger partial charge >= 0.3 is 5.97 Å². The summed E-state index contributed by atoms with van der Waals surface area (Å²) < 4.78 is 4.48. The first-order valence-corrected chi connectivity index (χ1v) is 5.31. The maximum atomic E-state index is 11.7. The van der Waals surface area contributed by atoms with Crippen molar-refractivity contribution in [3.8, 4) is 0 Å². The topological polar surface area (TPSA) is 113 Å². The van der Waals surface area contributed by atoms with Crippen molar-refractivity contribution < 1.29 is 24.3 Å². The first-order chi connectivity index (χ1) is 9.10. The molecule has 0 spiro atoms. The molecule has 0 atom stereocenters. The highest BCUT2D eigenvalue weighted by Crippen LogP contribution is 2.11. The monoisotopic (exact) mass is 262 g/mol. The quantitative estimate of drug-likeness (QED) is 0.761. The van der Waals surface area contributed by atoms with Crippen LogP contribution in [0, 0.1) is 0 Å². The standard InChI is InChI=1S/C12H10N2O5/c15-6-7-1-3-8(4-2-7)13-11(16)9-5-10(12(17)18)19-14-9/h1-5,15H,6H2,(H,13,16)(H,17,18). The SMILES string of the molecule is O=C(Nc1ccc(CO)cc1)c1cc(C(=O)O)on1. The molecular weight excluding hydrogens is 252 g/mol. The lowest BCUT2D eigenvalue weighted by Crippen LogP contribution is -2.12. The molecule has 0 fully saturated rings. The highest BCUT2D eigenvalue weighted by atomic mass is 16.5. The van der Waals surface area contributed by atoms with Crippen LogP contribution in [0.2, 0.25) is 0 Å². The van der Waals surface area contributed by atoms with E-state index in [9.17, 15) is 9.59 Å². The maximum absolute atomic E-state index is 11.7. The molecule has 0 saturated heterocycles. The molecule has 1 aromatic carbocycles. The van der Waals surface area contributed by atoms with Gasteiger partial charge in [0.2, 0.25) is 5.76 Å². The van der Waals surface area contributed by atoms with Gasteiger partial charge in [0.05, 0.1) is 6.61 Å². The summed E-state index contributed by atoms with van der Waals surface area (Å²) in [6, 6.07) is 7.57. The van der Waals surface area contributed by atoms with Crippen LogP contribution in [0.25, 0.3) is 0 Å². The number of rotatable bonds is 4. The van der Waals surface area contributed by atoms with E-state index in [2.05, 4.69) is 15.0 Å². The van der Waals surface area contributed by atoms with Gasteiger partial charge in [0.1, 0.15) is 0 Å². The molecule has 19 heavy (non-hydrogen) atoms. The number of benzene rings is 1. The third-order valence-electron chi connectivity index (χ3n) is 2.35. The Balaban J connectivity index is 2.08. The number of anilines is 1. The predicted molar refractivity (Wildman–Crippen MR) is 63.8 cm³/mol. The zero-order valence-corrected chi connectivity index (χ0v) is 9.66. The molecule has 0 bridgehead atoms. The highest BCUT2D eigenvalue weighted by molar-refractivity contribution is 6.03. The number of aliphatic hydroxyl groups excluding tert-OH is 1. The molecule has 1 amide bonds. The van der Waals surface area contributed by atoms with Gasteiger partial charge in [-0.25, -0.2) is 4.79 Å². The van der Waals surface area contributed by atoms with Crippen molar-refractivity contribution >= 4 is 17.6 Å². The van der Waals surface area contributed by atoms with E-state index in [1.807, 2.05) is 0 Å². The Hall–Kier alpha value is -2.67. The summed E-state index contributed by atoms with van der Waals surface area (Å²) in [6.45, 7) is -0.0838. The molecule has 0 saturated carbocycles. The molecule has 0 aliphatic heterocycles. The molecule has 0 radical (unpaired) electrons. The number of carboxylic acids is 1. The fourth-order valence-corrected chi connectivity index (χ4v) is 1.37. The van der Waals surface area contributed by atoms with Crippen molar-refractivity contribution in [2.75, 3.05) is 5.32 Å². The molecule has 98 valence electrons. The van der Waals surface area contributed by atoms with E-state index in [4.69, 9.17) is 10.2 Å². The average Bonchev–Trinajstić information content (AvgIpc) is 2.89. The van der Waals surface area contributed by atoms with Crippen molar-refractivity contribution in [2.24, 2.45) is 0 Å². The van der Waals surface area contributed by atoms with E-state index in [-0.39, 0.29) is 12.3 Å². The zero-order valence-electron chi connectivity index (χ0n) is 9.66. The van der Waals surface area contributed by atoms with Crippen LogP contribution in [-0.4, -0.2) is 27.2 Å². The van der Waals surface area contributed by atoms with E-state index < -0.39 is 17.6 Å². The summed E-state index contributed by atoms with van der Waals surface area (Å²) in [5, 5.41) is 23.4. The van der Waals surface area contributed by atoms with E-state index in [1.54, 1.807) is 24.3 Å². The fraction of sp³-hybridized carbons (Fsp3) is 0.0833. The normalized spacial score (nSPS) is 10.2. The second-order valence-corrected chi connectivity index (χ2v) is 3.69. The van der Waals surface area contributed by atoms with Gasteiger partial charge in [0, 0.05) is 11.8 Å². The van der Waals surface area contributed by atoms with Crippen molar-refractivity contribution in [1.29, 1.82) is 0 Å². The van der Waals surface area contributed by atoms with Crippen molar-refractivity contribution in [1.82, 2.24) is 5.16 Å². The third kappa shape index (κ3) is 2.96. The van der Waals surface area contributed by atoms with Crippen molar-refractivity contribution in [3.05, 3.63) is 47.3 Å². The van der Waals surface area contributed by atoms with Crippen molar-refractivity contribution in [3.63, 3.8) is 0 Å². The fourth-order valence-electron chi connectivity index (χ4n) is 1.37. The molecular formula is C12H10N2O5. The van der Waals surface area contributed by atoms with Crippen LogP contribution >= 0.6 is 0 Å². The molecule has 0 aliphatic carbocycles. The van der Waals surface area contributed by atoms with E-state index in [1.165, 1.54) is 0 Å². The van der Waals surface area contributed by atoms with Crippen LogP contribution in [0.3, 0.4) is 0 Å². The summed E-state index contributed by atoms with van der Waals surface area (Å²) in [5.41, 5.74) is 1.10. The van der Waals surface area contributed by atoms with Gasteiger partial charge in [-0.3, -0.25) is 4.79 Å². The number of carbonyl (C=O) groups is 2. The van der Waals surface area contributed by atoms with E-state index >= 15 is 0 Å². The summed E-state index contributed by atoms with van der Waals surface area (Å²) in [7, 11) is 0. The minimum Gasteiger partial charge on any atom is -0.475 e. The summed E-state index contributed by atoms with van der Waals surface area (Å²) in [6.07, 6.45) is 0. The van der Waals surface area contributed by atoms with Gasteiger partial charge in [0.15, 0.2) is 5.69 Å².